The third-order valence-corrected chi connectivity index (χ3v) is 7.86. The number of thiazole rings is 2. The fraction of sp³-hybridized carbons (Fsp3) is 0.286. The molecule has 0 unspecified atom stereocenters. The number of carbonyl (C=O) groups excluding carboxylic acids is 2. The zero-order valence-electron chi connectivity index (χ0n) is 21.0. The van der Waals surface area contributed by atoms with Gasteiger partial charge in [-0.1, -0.05) is 26.7 Å². The van der Waals surface area contributed by atoms with Gasteiger partial charge in [-0.2, -0.15) is 0 Å². The van der Waals surface area contributed by atoms with Crippen molar-refractivity contribution in [3.8, 4) is 30.9 Å². The van der Waals surface area contributed by atoms with E-state index in [9.17, 15) is 18.4 Å². The average molecular weight is 557 g/mol. The first-order valence-corrected chi connectivity index (χ1v) is 13.9. The van der Waals surface area contributed by atoms with Crippen LogP contribution in [0.4, 0.5) is 8.78 Å². The molecule has 0 N–H and O–H groups in total. The number of carbonyl (C=O) groups is 2. The van der Waals surface area contributed by atoms with Gasteiger partial charge in [-0.05, 0) is 61.4 Å². The molecule has 198 valence electrons. The third kappa shape index (κ3) is 6.49. The van der Waals surface area contributed by atoms with Gasteiger partial charge in [-0.15, -0.1) is 22.7 Å². The standard InChI is InChI=1S/C28H26F2N2O4S2/c1-3-5-15-35-27(33)21-23(37-25(31-21)17-7-11-19(29)12-8-17)24-22(28(34)36-16-6-4-2)32-26(38-24)18-9-13-20(30)14-10-18/h7-14H,3-6,15-16H2,1-2H3. The van der Waals surface area contributed by atoms with Gasteiger partial charge in [0.05, 0.1) is 23.0 Å². The number of aromatic nitrogens is 2. The van der Waals surface area contributed by atoms with Crippen molar-refractivity contribution in [2.24, 2.45) is 0 Å². The van der Waals surface area contributed by atoms with Crippen LogP contribution in [0.15, 0.2) is 48.5 Å². The van der Waals surface area contributed by atoms with Gasteiger partial charge in [0.1, 0.15) is 21.6 Å². The summed E-state index contributed by atoms with van der Waals surface area (Å²) in [4.78, 5) is 36.1. The lowest BCUT2D eigenvalue weighted by molar-refractivity contribution is 0.0483. The van der Waals surface area contributed by atoms with Crippen molar-refractivity contribution in [3.05, 3.63) is 71.6 Å². The van der Waals surface area contributed by atoms with Crippen LogP contribution in [0.5, 0.6) is 0 Å². The molecule has 2 aromatic carbocycles. The highest BCUT2D eigenvalue weighted by molar-refractivity contribution is 7.25. The number of halogens is 2. The fourth-order valence-electron chi connectivity index (χ4n) is 3.41. The maximum Gasteiger partial charge on any atom is 0.358 e. The zero-order valence-corrected chi connectivity index (χ0v) is 22.6. The number of hydrogen-bond donors (Lipinski definition) is 0. The molecule has 0 aliphatic carbocycles. The van der Waals surface area contributed by atoms with Gasteiger partial charge >= 0.3 is 11.9 Å². The molecular weight excluding hydrogens is 530 g/mol. The molecule has 0 aliphatic heterocycles. The van der Waals surface area contributed by atoms with Crippen LogP contribution in [0.3, 0.4) is 0 Å². The summed E-state index contributed by atoms with van der Waals surface area (Å²) < 4.78 is 38.0. The number of hydrogen-bond acceptors (Lipinski definition) is 8. The Morgan fingerprint density at radius 1 is 0.684 bits per heavy atom. The molecular formula is C28H26F2N2O4S2. The van der Waals surface area contributed by atoms with E-state index >= 15 is 0 Å². The first kappa shape index (κ1) is 27.5. The van der Waals surface area contributed by atoms with Crippen LogP contribution in [0, 0.1) is 11.6 Å². The molecule has 10 heteroatoms. The largest absolute Gasteiger partial charge is 0.461 e. The van der Waals surface area contributed by atoms with E-state index in [1.165, 1.54) is 46.9 Å². The van der Waals surface area contributed by atoms with Gasteiger partial charge in [-0.3, -0.25) is 0 Å². The maximum atomic E-state index is 13.5. The lowest BCUT2D eigenvalue weighted by Crippen LogP contribution is -2.10. The van der Waals surface area contributed by atoms with E-state index in [1.807, 2.05) is 13.8 Å². The Morgan fingerprint density at radius 3 is 1.39 bits per heavy atom. The first-order valence-electron chi connectivity index (χ1n) is 12.3. The van der Waals surface area contributed by atoms with E-state index in [4.69, 9.17) is 9.47 Å². The van der Waals surface area contributed by atoms with Crippen molar-refractivity contribution in [1.82, 2.24) is 9.97 Å². The van der Waals surface area contributed by atoms with E-state index in [0.717, 1.165) is 12.8 Å². The number of ether oxygens (including phenoxy) is 2. The monoisotopic (exact) mass is 556 g/mol. The predicted molar refractivity (Wildman–Crippen MR) is 144 cm³/mol. The van der Waals surface area contributed by atoms with Crippen molar-refractivity contribution in [3.63, 3.8) is 0 Å². The van der Waals surface area contributed by atoms with Crippen LogP contribution in [-0.2, 0) is 9.47 Å². The van der Waals surface area contributed by atoms with Gasteiger partial charge in [-0.25, -0.2) is 28.3 Å². The number of benzene rings is 2. The van der Waals surface area contributed by atoms with Gasteiger partial charge in [0.15, 0.2) is 11.4 Å². The summed E-state index contributed by atoms with van der Waals surface area (Å²) in [6, 6.07) is 11.5. The van der Waals surface area contributed by atoms with Crippen LogP contribution >= 0.6 is 22.7 Å². The van der Waals surface area contributed by atoms with Crippen molar-refractivity contribution in [1.29, 1.82) is 0 Å². The quantitative estimate of drug-likeness (QED) is 0.139. The second-order valence-electron chi connectivity index (χ2n) is 8.39. The molecule has 0 saturated carbocycles. The summed E-state index contributed by atoms with van der Waals surface area (Å²) in [6.45, 7) is 4.43. The SMILES string of the molecule is CCCCOC(=O)c1nc(-c2ccc(F)cc2)sc1-c1sc(-c2ccc(F)cc2)nc1C(=O)OCCCC. The molecule has 2 heterocycles. The number of unbranched alkanes of at least 4 members (excludes halogenated alkanes) is 2. The Bertz CT molecular complexity index is 1290. The molecule has 0 fully saturated rings. The zero-order chi connectivity index (χ0) is 27.1. The lowest BCUT2D eigenvalue weighted by Gasteiger charge is -2.05. The summed E-state index contributed by atoms with van der Waals surface area (Å²) in [6.07, 6.45) is 3.09. The number of esters is 2. The second-order valence-corrected chi connectivity index (χ2v) is 10.4. The Balaban J connectivity index is 1.83. The van der Waals surface area contributed by atoms with Crippen molar-refractivity contribution < 1.29 is 27.8 Å². The lowest BCUT2D eigenvalue weighted by atomic mass is 10.2. The fourth-order valence-corrected chi connectivity index (χ4v) is 5.66. The molecule has 38 heavy (non-hydrogen) atoms. The Kier molecular flexibility index (Phi) is 9.30. The van der Waals surface area contributed by atoms with Gasteiger partial charge < -0.3 is 9.47 Å². The highest BCUT2D eigenvalue weighted by Gasteiger charge is 2.29. The normalized spacial score (nSPS) is 10.9. The minimum atomic E-state index is -0.625. The highest BCUT2D eigenvalue weighted by Crippen LogP contribution is 2.43. The van der Waals surface area contributed by atoms with Gasteiger partial charge in [0.2, 0.25) is 0 Å². The summed E-state index contributed by atoms with van der Waals surface area (Å²) >= 11 is 2.36. The molecule has 4 rings (SSSR count). The van der Waals surface area contributed by atoms with Crippen LogP contribution < -0.4 is 0 Å². The summed E-state index contributed by atoms with van der Waals surface area (Å²) in [5.74, 6) is -2.04. The van der Waals surface area contributed by atoms with Crippen LogP contribution in [0.1, 0.15) is 60.5 Å². The van der Waals surface area contributed by atoms with E-state index in [2.05, 4.69) is 9.97 Å². The van der Waals surface area contributed by atoms with Crippen molar-refractivity contribution >= 4 is 34.6 Å². The molecule has 0 spiro atoms. The van der Waals surface area contributed by atoms with Crippen LogP contribution in [0.25, 0.3) is 30.9 Å². The highest BCUT2D eigenvalue weighted by atomic mass is 32.1. The molecule has 0 amide bonds. The molecule has 0 bridgehead atoms. The van der Waals surface area contributed by atoms with Crippen molar-refractivity contribution in [2.45, 2.75) is 39.5 Å². The topological polar surface area (TPSA) is 78.4 Å². The summed E-state index contributed by atoms with van der Waals surface area (Å²) in [7, 11) is 0. The first-order chi connectivity index (χ1) is 18.4. The number of nitrogens with zero attached hydrogens (tertiary/aromatic N) is 2. The van der Waals surface area contributed by atoms with Gasteiger partial charge in [0.25, 0.3) is 0 Å². The minimum Gasteiger partial charge on any atom is -0.461 e. The minimum absolute atomic E-state index is 0.0438. The summed E-state index contributed by atoms with van der Waals surface area (Å²) in [5.41, 5.74) is 1.31. The predicted octanol–water partition coefficient (Wildman–Crippen LogP) is 7.79. The van der Waals surface area contributed by atoms with Gasteiger partial charge in [0, 0.05) is 11.1 Å². The Labute approximate surface area is 227 Å². The molecule has 0 atom stereocenters. The van der Waals surface area contributed by atoms with E-state index < -0.39 is 23.6 Å². The van der Waals surface area contributed by atoms with Crippen molar-refractivity contribution in [2.75, 3.05) is 13.2 Å². The Morgan fingerprint density at radius 2 is 1.05 bits per heavy atom. The molecule has 2 aromatic heterocycles. The Hall–Kier alpha value is -3.50. The third-order valence-electron chi connectivity index (χ3n) is 5.49. The summed E-state index contributed by atoms with van der Waals surface area (Å²) in [5, 5.41) is 0.925. The van der Waals surface area contributed by atoms with Crippen LogP contribution in [-0.4, -0.2) is 35.1 Å². The van der Waals surface area contributed by atoms with E-state index in [-0.39, 0.29) is 24.6 Å². The second kappa shape index (κ2) is 12.8. The van der Waals surface area contributed by atoms with E-state index in [1.54, 1.807) is 24.3 Å². The molecule has 0 radical (unpaired) electrons. The maximum absolute atomic E-state index is 13.5. The smallest absolute Gasteiger partial charge is 0.358 e. The number of rotatable bonds is 11. The molecule has 0 aliphatic rings. The average Bonchev–Trinajstić information content (AvgIpc) is 3.55. The molecule has 4 aromatic rings. The van der Waals surface area contributed by atoms with Crippen LogP contribution in [0.2, 0.25) is 0 Å². The van der Waals surface area contributed by atoms with E-state index in [0.29, 0.717) is 43.7 Å². The molecule has 6 nitrogen and oxygen atoms in total. The molecule has 0 saturated heterocycles.